The summed E-state index contributed by atoms with van der Waals surface area (Å²) in [5, 5.41) is 3.60. The summed E-state index contributed by atoms with van der Waals surface area (Å²) in [6.07, 6.45) is 4.63. The summed E-state index contributed by atoms with van der Waals surface area (Å²) in [5.74, 6) is -0.543. The van der Waals surface area contributed by atoms with Crippen LogP contribution in [0.4, 0.5) is 4.39 Å². The molecule has 2 aromatic carbocycles. The van der Waals surface area contributed by atoms with Gasteiger partial charge in [0.1, 0.15) is 11.9 Å². The monoisotopic (exact) mass is 443 g/mol. The third kappa shape index (κ3) is 4.50. The molecule has 0 radical (unpaired) electrons. The maximum atomic E-state index is 13.3. The number of nitrogens with zero attached hydrogens (tertiary/aromatic N) is 2. The van der Waals surface area contributed by atoms with Crippen molar-refractivity contribution in [2.24, 2.45) is 0 Å². The lowest BCUT2D eigenvalue weighted by atomic mass is 10.2. The van der Waals surface area contributed by atoms with Crippen LogP contribution in [0.25, 0.3) is 10.9 Å². The Kier molecular flexibility index (Phi) is 6.11. The minimum Gasteiger partial charge on any atom is -0.350 e. The summed E-state index contributed by atoms with van der Waals surface area (Å²) in [5.41, 5.74) is 1.47. The third-order valence-electron chi connectivity index (χ3n) is 5.80. The van der Waals surface area contributed by atoms with Crippen molar-refractivity contribution in [3.05, 3.63) is 66.1 Å². The molecule has 1 atom stereocenters. The normalized spacial score (nSPS) is 16.3. The number of hydrogen-bond acceptors (Lipinski definition) is 3. The highest BCUT2D eigenvalue weighted by atomic mass is 32.2. The molecular weight excluding hydrogens is 417 g/mol. The van der Waals surface area contributed by atoms with Gasteiger partial charge in [-0.15, -0.1) is 0 Å². The zero-order valence-electron chi connectivity index (χ0n) is 17.4. The van der Waals surface area contributed by atoms with E-state index >= 15 is 0 Å². The second-order valence-electron chi connectivity index (χ2n) is 7.93. The Morgan fingerprint density at radius 2 is 1.87 bits per heavy atom. The highest BCUT2D eigenvalue weighted by molar-refractivity contribution is 7.89. The smallest absolute Gasteiger partial charge is 0.243 e. The van der Waals surface area contributed by atoms with Crippen molar-refractivity contribution in [3.8, 4) is 0 Å². The van der Waals surface area contributed by atoms with E-state index in [4.69, 9.17) is 0 Å². The first-order valence-corrected chi connectivity index (χ1v) is 11.9. The molecule has 2 heterocycles. The van der Waals surface area contributed by atoms with Crippen molar-refractivity contribution in [2.45, 2.75) is 43.7 Å². The summed E-state index contributed by atoms with van der Waals surface area (Å²) in [6.45, 7) is 3.13. The largest absolute Gasteiger partial charge is 0.350 e. The predicted molar refractivity (Wildman–Crippen MR) is 118 cm³/mol. The Balaban J connectivity index is 1.51. The van der Waals surface area contributed by atoms with Crippen molar-refractivity contribution in [2.75, 3.05) is 13.1 Å². The van der Waals surface area contributed by atoms with E-state index in [-0.39, 0.29) is 23.2 Å². The first kappa shape index (κ1) is 21.5. The van der Waals surface area contributed by atoms with Crippen LogP contribution in [0.1, 0.15) is 37.8 Å². The van der Waals surface area contributed by atoms with Gasteiger partial charge in [-0.25, -0.2) is 12.8 Å². The average molecular weight is 444 g/mol. The maximum absolute atomic E-state index is 13.3. The number of fused-ring (bicyclic) bond motifs is 1. The van der Waals surface area contributed by atoms with Gasteiger partial charge < -0.3 is 9.88 Å². The molecule has 1 saturated heterocycles. The molecule has 0 unspecified atom stereocenters. The molecule has 8 heteroatoms. The highest BCUT2D eigenvalue weighted by Crippen LogP contribution is 2.26. The van der Waals surface area contributed by atoms with Crippen LogP contribution in [0, 0.1) is 5.82 Å². The quantitative estimate of drug-likeness (QED) is 0.629. The van der Waals surface area contributed by atoms with E-state index in [0.29, 0.717) is 18.7 Å². The molecule has 1 aromatic heterocycles. The van der Waals surface area contributed by atoms with Crippen LogP contribution in [0.15, 0.2) is 59.6 Å². The lowest BCUT2D eigenvalue weighted by molar-refractivity contribution is -0.123. The number of amides is 1. The van der Waals surface area contributed by atoms with Crippen LogP contribution >= 0.6 is 0 Å². The molecule has 1 amide bonds. The molecule has 164 valence electrons. The Morgan fingerprint density at radius 1 is 1.10 bits per heavy atom. The Bertz CT molecular complexity index is 1200. The second-order valence-corrected chi connectivity index (χ2v) is 9.87. The van der Waals surface area contributed by atoms with Crippen LogP contribution in [-0.4, -0.2) is 36.3 Å². The molecule has 6 nitrogen and oxygen atoms in total. The fraction of sp³-hybridized carbons (Fsp3) is 0.348. The number of halogens is 1. The topological polar surface area (TPSA) is 71.4 Å². The SMILES string of the molecule is C[C@H](C(=O)NCc1cccc(F)c1)n1ccc2cc(S(=O)(=O)N3CCCCC3)ccc21. The first-order valence-electron chi connectivity index (χ1n) is 10.5. The summed E-state index contributed by atoms with van der Waals surface area (Å²) in [4.78, 5) is 12.9. The Hall–Kier alpha value is -2.71. The third-order valence-corrected chi connectivity index (χ3v) is 7.69. The molecule has 4 rings (SSSR count). The minimum absolute atomic E-state index is 0.202. The van der Waals surface area contributed by atoms with Crippen LogP contribution in [0.2, 0.25) is 0 Å². The molecule has 1 aliphatic rings. The van der Waals surface area contributed by atoms with Gasteiger partial charge in [0.05, 0.1) is 4.90 Å². The van der Waals surface area contributed by atoms with Gasteiger partial charge in [0.15, 0.2) is 0 Å². The standard InChI is InChI=1S/C23H26FN3O3S/c1-17(23(28)25-16-18-6-5-7-20(24)14-18)27-13-10-19-15-21(8-9-22(19)27)31(29,30)26-11-3-2-4-12-26/h5-10,13-15,17H,2-4,11-12,16H2,1H3,(H,25,28)/t17-/m1/s1. The second kappa shape index (κ2) is 8.80. The summed E-state index contributed by atoms with van der Waals surface area (Å²) in [6, 6.07) is 12.5. The van der Waals surface area contributed by atoms with Gasteiger partial charge in [-0.1, -0.05) is 18.6 Å². The molecule has 31 heavy (non-hydrogen) atoms. The number of hydrogen-bond donors (Lipinski definition) is 1. The molecule has 1 aliphatic heterocycles. The lowest BCUT2D eigenvalue weighted by Gasteiger charge is -2.26. The van der Waals surface area contributed by atoms with Gasteiger partial charge >= 0.3 is 0 Å². The van der Waals surface area contributed by atoms with Gasteiger partial charge in [-0.2, -0.15) is 4.31 Å². The molecule has 0 spiro atoms. The van der Waals surface area contributed by atoms with Gasteiger partial charge in [0.2, 0.25) is 15.9 Å². The van der Waals surface area contributed by atoms with Crippen LogP contribution < -0.4 is 5.32 Å². The molecular formula is C23H26FN3O3S. The molecule has 1 N–H and O–H groups in total. The van der Waals surface area contributed by atoms with E-state index in [1.807, 2.05) is 10.6 Å². The van der Waals surface area contributed by atoms with Gasteiger partial charge in [-0.3, -0.25) is 4.79 Å². The molecule has 1 fully saturated rings. The van der Waals surface area contributed by atoms with Crippen molar-refractivity contribution in [1.82, 2.24) is 14.2 Å². The number of nitrogens with one attached hydrogen (secondary N) is 1. The minimum atomic E-state index is -3.51. The first-order chi connectivity index (χ1) is 14.9. The van der Waals surface area contributed by atoms with Crippen molar-refractivity contribution >= 4 is 26.8 Å². The van der Waals surface area contributed by atoms with Crippen LogP contribution in [0.5, 0.6) is 0 Å². The fourth-order valence-electron chi connectivity index (χ4n) is 4.00. The van der Waals surface area contributed by atoms with Crippen LogP contribution in [0.3, 0.4) is 0 Å². The fourth-order valence-corrected chi connectivity index (χ4v) is 5.56. The van der Waals surface area contributed by atoms with E-state index in [0.717, 1.165) is 30.2 Å². The van der Waals surface area contributed by atoms with Crippen molar-refractivity contribution < 1.29 is 17.6 Å². The molecule has 3 aromatic rings. The van der Waals surface area contributed by atoms with E-state index < -0.39 is 16.1 Å². The van der Waals surface area contributed by atoms with Crippen LogP contribution in [-0.2, 0) is 21.4 Å². The highest BCUT2D eigenvalue weighted by Gasteiger charge is 2.26. The maximum Gasteiger partial charge on any atom is 0.243 e. The number of carbonyl (C=O) groups excluding carboxylic acids is 1. The summed E-state index contributed by atoms with van der Waals surface area (Å²) < 4.78 is 42.6. The molecule has 0 saturated carbocycles. The van der Waals surface area contributed by atoms with Crippen molar-refractivity contribution in [1.29, 1.82) is 0 Å². The number of piperidine rings is 1. The predicted octanol–water partition coefficient (Wildman–Crippen LogP) is 3.83. The average Bonchev–Trinajstić information content (AvgIpc) is 3.21. The summed E-state index contributed by atoms with van der Waals surface area (Å²) >= 11 is 0. The van der Waals surface area contributed by atoms with Gasteiger partial charge in [0, 0.05) is 36.7 Å². The van der Waals surface area contributed by atoms with Gasteiger partial charge in [-0.05, 0) is 61.7 Å². The number of carbonyl (C=O) groups is 1. The molecule has 0 bridgehead atoms. The van der Waals surface area contributed by atoms with E-state index in [1.54, 1.807) is 47.8 Å². The number of rotatable bonds is 6. The zero-order chi connectivity index (χ0) is 22.0. The van der Waals surface area contributed by atoms with Crippen molar-refractivity contribution in [3.63, 3.8) is 0 Å². The Labute approximate surface area is 181 Å². The summed E-state index contributed by atoms with van der Waals surface area (Å²) in [7, 11) is -3.51. The zero-order valence-corrected chi connectivity index (χ0v) is 18.2. The van der Waals surface area contributed by atoms with E-state index in [9.17, 15) is 17.6 Å². The number of sulfonamides is 1. The van der Waals surface area contributed by atoms with E-state index in [2.05, 4.69) is 5.32 Å². The Morgan fingerprint density at radius 3 is 2.61 bits per heavy atom. The number of aromatic nitrogens is 1. The van der Waals surface area contributed by atoms with Gasteiger partial charge in [0.25, 0.3) is 0 Å². The van der Waals surface area contributed by atoms with E-state index in [1.165, 1.54) is 12.1 Å². The number of benzene rings is 2. The lowest BCUT2D eigenvalue weighted by Crippen LogP contribution is -2.35. The molecule has 0 aliphatic carbocycles.